The molecular weight excluding hydrogens is 822 g/mol. The van der Waals surface area contributed by atoms with Crippen molar-refractivity contribution < 1.29 is 62.5 Å². The highest BCUT2D eigenvalue weighted by Crippen LogP contribution is 2.31. The first-order chi connectivity index (χ1) is 29.4. The Morgan fingerprint density at radius 1 is 0.871 bits per heavy atom. The molecule has 0 aliphatic carbocycles. The summed E-state index contributed by atoms with van der Waals surface area (Å²) in [4.78, 5) is 110. The van der Waals surface area contributed by atoms with Crippen LogP contribution < -0.4 is 20.9 Å². The summed E-state index contributed by atoms with van der Waals surface area (Å²) in [5.41, 5.74) is 0.820. The van der Waals surface area contributed by atoms with Gasteiger partial charge in [-0.25, -0.2) is 8.78 Å². The van der Waals surface area contributed by atoms with Gasteiger partial charge in [0.2, 0.25) is 23.6 Å². The maximum absolute atomic E-state index is 13.8. The molecule has 0 spiro atoms. The molecule has 0 radical (unpaired) electrons. The van der Waals surface area contributed by atoms with Gasteiger partial charge in [0, 0.05) is 102 Å². The molecular formula is C39H50F2N10O11. The Morgan fingerprint density at radius 2 is 1.47 bits per heavy atom. The van der Waals surface area contributed by atoms with E-state index in [1.54, 1.807) is 32.9 Å². The van der Waals surface area contributed by atoms with E-state index in [1.807, 2.05) is 0 Å². The second-order valence-corrected chi connectivity index (χ2v) is 14.9. The third kappa shape index (κ3) is 14.4. The SMILES string of the molecule is CN(C(=O)CCC(=O)NCCNC(=O)CCC(C(=O)O)N1CCN(CC(=O)O)CCN(CC(=O)O)CC1)c1ccc2nccc(C(=O)NCC(=O)N3CC(F)(F)C[C@H]3C#N)c2c1. The van der Waals surface area contributed by atoms with Crippen molar-refractivity contribution in [1.82, 2.24) is 40.5 Å². The number of hydrogen-bond acceptors (Lipinski definition) is 13. The Balaban J connectivity index is 1.22. The van der Waals surface area contributed by atoms with Crippen LogP contribution in [0.1, 0.15) is 42.5 Å². The fraction of sp³-hybridized carbons (Fsp3) is 0.538. The van der Waals surface area contributed by atoms with Gasteiger partial charge in [0.25, 0.3) is 11.8 Å². The van der Waals surface area contributed by atoms with Gasteiger partial charge in [0.15, 0.2) is 0 Å². The van der Waals surface area contributed by atoms with Crippen LogP contribution in [0.15, 0.2) is 30.5 Å². The summed E-state index contributed by atoms with van der Waals surface area (Å²) in [7, 11) is 1.47. The first kappa shape index (κ1) is 48.3. The van der Waals surface area contributed by atoms with Crippen LogP contribution in [0.4, 0.5) is 14.5 Å². The molecule has 1 aromatic heterocycles. The number of nitrogens with zero attached hydrogens (tertiary/aromatic N) is 7. The zero-order valence-corrected chi connectivity index (χ0v) is 34.1. The molecule has 1 unspecified atom stereocenters. The first-order valence-corrected chi connectivity index (χ1v) is 19.8. The van der Waals surface area contributed by atoms with Gasteiger partial charge in [-0.1, -0.05) is 0 Å². The number of hydrogen-bond donors (Lipinski definition) is 6. The van der Waals surface area contributed by atoms with Crippen molar-refractivity contribution in [3.8, 4) is 6.07 Å². The van der Waals surface area contributed by atoms with E-state index in [2.05, 4.69) is 20.9 Å². The van der Waals surface area contributed by atoms with Crippen molar-refractivity contribution in [1.29, 1.82) is 5.26 Å². The lowest BCUT2D eigenvalue weighted by Crippen LogP contribution is -2.47. The topological polar surface area (TPSA) is 286 Å². The summed E-state index contributed by atoms with van der Waals surface area (Å²) in [6.45, 7) is -0.761. The second-order valence-electron chi connectivity index (χ2n) is 14.9. The van der Waals surface area contributed by atoms with Crippen molar-refractivity contribution in [2.45, 2.75) is 50.1 Å². The van der Waals surface area contributed by atoms with Crippen molar-refractivity contribution in [2.75, 3.05) is 90.5 Å². The lowest BCUT2D eigenvalue weighted by atomic mass is 10.1. The molecule has 2 saturated heterocycles. The minimum absolute atomic E-state index is 0.0119. The van der Waals surface area contributed by atoms with Gasteiger partial charge in [-0.3, -0.25) is 58.0 Å². The quantitative estimate of drug-likeness (QED) is 0.0926. The fourth-order valence-electron chi connectivity index (χ4n) is 7.10. The van der Waals surface area contributed by atoms with Crippen LogP contribution in [0.5, 0.6) is 0 Å². The summed E-state index contributed by atoms with van der Waals surface area (Å²) in [5, 5.41) is 45.7. The van der Waals surface area contributed by atoms with Gasteiger partial charge in [0.05, 0.1) is 43.3 Å². The molecule has 23 heteroatoms. The monoisotopic (exact) mass is 872 g/mol. The molecule has 62 heavy (non-hydrogen) atoms. The Kier molecular flexibility index (Phi) is 17.5. The van der Waals surface area contributed by atoms with E-state index in [1.165, 1.54) is 30.3 Å². The molecule has 0 saturated carbocycles. The first-order valence-electron chi connectivity index (χ1n) is 19.8. The van der Waals surface area contributed by atoms with Gasteiger partial charge in [-0.05, 0) is 30.7 Å². The number of carboxylic acid groups (broad SMARTS) is 3. The van der Waals surface area contributed by atoms with E-state index in [-0.39, 0.29) is 96.7 Å². The van der Waals surface area contributed by atoms with E-state index in [0.29, 0.717) is 16.6 Å². The standard InChI is InChI=1S/C39H50F2N10O11/c1-47(25-2-3-29-28(18-25)27(8-9-43-29)37(60)46-21-34(55)51-24-39(40,41)19-26(51)20-42)33(54)7-6-32(53)45-11-10-44-31(52)5-4-30(38(61)62)50-16-14-48(22-35(56)57)12-13-49(15-17-50)23-36(58)59/h2-3,8-9,18,26,30H,4-7,10-17,19,21-24H2,1H3,(H,44,52)(H,45,53)(H,46,60)(H,56,57)(H,58,59)(H,61,62)/t26-,30?/m0/s1. The molecule has 2 aliphatic rings. The van der Waals surface area contributed by atoms with Gasteiger partial charge in [-0.15, -0.1) is 0 Å². The van der Waals surface area contributed by atoms with E-state index in [4.69, 9.17) is 0 Å². The number of benzene rings is 1. The molecule has 2 aromatic rings. The zero-order valence-electron chi connectivity index (χ0n) is 34.1. The predicted molar refractivity (Wildman–Crippen MR) is 214 cm³/mol. The maximum Gasteiger partial charge on any atom is 0.320 e. The van der Waals surface area contributed by atoms with Crippen LogP contribution in [0, 0.1) is 11.3 Å². The van der Waals surface area contributed by atoms with Crippen LogP contribution in [0.3, 0.4) is 0 Å². The van der Waals surface area contributed by atoms with E-state index >= 15 is 0 Å². The number of rotatable bonds is 19. The molecule has 2 atom stereocenters. The number of carboxylic acids is 3. The summed E-state index contributed by atoms with van der Waals surface area (Å²) in [5.74, 6) is -9.52. The second kappa shape index (κ2) is 22.5. The molecule has 6 N–H and O–H groups in total. The molecule has 336 valence electrons. The molecule has 21 nitrogen and oxygen atoms in total. The van der Waals surface area contributed by atoms with Crippen LogP contribution in [0.2, 0.25) is 0 Å². The fourth-order valence-corrected chi connectivity index (χ4v) is 7.10. The van der Waals surface area contributed by atoms with Crippen LogP contribution in [0.25, 0.3) is 10.9 Å². The van der Waals surface area contributed by atoms with Crippen molar-refractivity contribution in [3.63, 3.8) is 0 Å². The van der Waals surface area contributed by atoms with E-state index in [9.17, 15) is 67.7 Å². The number of anilines is 1. The third-order valence-electron chi connectivity index (χ3n) is 10.4. The van der Waals surface area contributed by atoms with Crippen molar-refractivity contribution in [3.05, 3.63) is 36.0 Å². The number of likely N-dealkylation sites (tertiary alicyclic amines) is 1. The van der Waals surface area contributed by atoms with Crippen LogP contribution in [-0.4, -0.2) is 191 Å². The molecule has 2 fully saturated rings. The third-order valence-corrected chi connectivity index (χ3v) is 10.4. The predicted octanol–water partition coefficient (Wildman–Crippen LogP) is -0.978. The number of carbonyl (C=O) groups excluding carboxylic acids is 5. The summed E-state index contributed by atoms with van der Waals surface area (Å²) in [6, 6.07) is 5.30. The Hall–Kier alpha value is -6.38. The number of nitrogens with one attached hydrogen (secondary N) is 3. The molecule has 3 heterocycles. The Morgan fingerprint density at radius 3 is 2.05 bits per heavy atom. The highest BCUT2D eigenvalue weighted by atomic mass is 19.3. The largest absolute Gasteiger partial charge is 0.480 e. The summed E-state index contributed by atoms with van der Waals surface area (Å²) < 4.78 is 27.6. The number of aromatic nitrogens is 1. The number of carbonyl (C=O) groups is 8. The number of pyridine rings is 1. The van der Waals surface area contributed by atoms with Gasteiger partial charge in [-0.2, -0.15) is 5.26 Å². The van der Waals surface area contributed by atoms with Crippen molar-refractivity contribution >= 4 is 64.0 Å². The number of amides is 5. The smallest absolute Gasteiger partial charge is 0.320 e. The average Bonchev–Trinajstić information content (AvgIpc) is 3.59. The average molecular weight is 873 g/mol. The summed E-state index contributed by atoms with van der Waals surface area (Å²) in [6.07, 6.45) is -0.0963. The molecule has 4 rings (SSSR count). The number of halogens is 2. The van der Waals surface area contributed by atoms with Gasteiger partial charge >= 0.3 is 17.9 Å². The summed E-state index contributed by atoms with van der Waals surface area (Å²) >= 11 is 0. The van der Waals surface area contributed by atoms with Gasteiger partial charge in [0.1, 0.15) is 12.1 Å². The zero-order chi connectivity index (χ0) is 45.6. The van der Waals surface area contributed by atoms with Gasteiger partial charge < -0.3 is 41.1 Å². The van der Waals surface area contributed by atoms with Crippen LogP contribution in [-0.2, 0) is 33.6 Å². The van der Waals surface area contributed by atoms with E-state index < -0.39 is 85.0 Å². The lowest BCUT2D eigenvalue weighted by Gasteiger charge is -2.30. The number of aliphatic carboxylic acids is 3. The molecule has 5 amide bonds. The number of alkyl halides is 2. The molecule has 2 aliphatic heterocycles. The molecule has 1 aromatic carbocycles. The van der Waals surface area contributed by atoms with E-state index in [0.717, 1.165) is 4.90 Å². The van der Waals surface area contributed by atoms with Crippen molar-refractivity contribution in [2.24, 2.45) is 0 Å². The minimum atomic E-state index is -3.21. The van der Waals surface area contributed by atoms with Crippen LogP contribution >= 0.6 is 0 Å². The molecule has 0 bridgehead atoms. The highest BCUT2D eigenvalue weighted by molar-refractivity contribution is 6.08. The normalized spacial score (nSPS) is 17.7. The Labute approximate surface area is 354 Å². The maximum atomic E-state index is 13.8. The minimum Gasteiger partial charge on any atom is -0.480 e. The number of nitriles is 1. The number of fused-ring (bicyclic) bond motifs is 1. The highest BCUT2D eigenvalue weighted by Gasteiger charge is 2.47. The lowest BCUT2D eigenvalue weighted by molar-refractivity contribution is -0.145. The Bertz CT molecular complexity index is 2020.